The summed E-state index contributed by atoms with van der Waals surface area (Å²) in [4.78, 5) is 10.9. The molecule has 0 spiro atoms. The first-order valence-electron chi connectivity index (χ1n) is 6.92. The molecule has 2 aromatic rings. The van der Waals surface area contributed by atoms with Crippen molar-refractivity contribution in [3.05, 3.63) is 64.7 Å². The van der Waals surface area contributed by atoms with Crippen molar-refractivity contribution >= 4 is 27.6 Å². The van der Waals surface area contributed by atoms with Gasteiger partial charge in [0.15, 0.2) is 0 Å². The molecule has 0 saturated carbocycles. The summed E-state index contributed by atoms with van der Waals surface area (Å²) in [5, 5.41) is 9.26. The van der Waals surface area contributed by atoms with Crippen LogP contribution in [0.3, 0.4) is 0 Å². The number of carbonyl (C=O) groups is 1. The van der Waals surface area contributed by atoms with Crippen molar-refractivity contribution in [3.63, 3.8) is 0 Å². The highest BCUT2D eigenvalue weighted by Gasteiger charge is 2.13. The van der Waals surface area contributed by atoms with Gasteiger partial charge in [0.05, 0.1) is 11.3 Å². The van der Waals surface area contributed by atoms with Gasteiger partial charge < -0.3 is 5.11 Å². The third-order valence-electron chi connectivity index (χ3n) is 3.18. The summed E-state index contributed by atoms with van der Waals surface area (Å²) in [6.07, 6.45) is 0.421. The third-order valence-corrected chi connectivity index (χ3v) is 4.91. The van der Waals surface area contributed by atoms with E-state index in [1.807, 2.05) is 6.07 Å². The second-order valence-corrected chi connectivity index (χ2v) is 7.20. The number of halogens is 1. The average Bonchev–Trinajstić information content (AvgIpc) is 2.47. The third kappa shape index (κ3) is 5.35. The maximum atomic E-state index is 12.1. The van der Waals surface area contributed by atoms with Crippen LogP contribution < -0.4 is 4.72 Å². The zero-order chi connectivity index (χ0) is 16.9. The van der Waals surface area contributed by atoms with Crippen molar-refractivity contribution in [2.75, 3.05) is 6.54 Å². The van der Waals surface area contributed by atoms with Crippen LogP contribution >= 0.6 is 11.6 Å². The van der Waals surface area contributed by atoms with Crippen molar-refractivity contribution in [2.45, 2.75) is 17.7 Å². The number of carboxylic acid groups (broad SMARTS) is 1. The Morgan fingerprint density at radius 2 is 1.74 bits per heavy atom. The molecule has 122 valence electrons. The lowest BCUT2D eigenvalue weighted by Crippen LogP contribution is -2.26. The van der Waals surface area contributed by atoms with E-state index in [9.17, 15) is 13.2 Å². The molecule has 0 saturated heterocycles. The highest BCUT2D eigenvalue weighted by molar-refractivity contribution is 7.89. The fraction of sp³-hybridized carbons (Fsp3) is 0.188. The van der Waals surface area contributed by atoms with Crippen molar-refractivity contribution < 1.29 is 18.3 Å². The Hall–Kier alpha value is -1.89. The van der Waals surface area contributed by atoms with Crippen LogP contribution in [0.2, 0.25) is 5.02 Å². The number of nitrogens with one attached hydrogen (secondary N) is 1. The topological polar surface area (TPSA) is 83.5 Å². The Morgan fingerprint density at radius 3 is 2.39 bits per heavy atom. The van der Waals surface area contributed by atoms with E-state index < -0.39 is 16.0 Å². The molecule has 0 aliphatic rings. The molecule has 0 bridgehead atoms. The zero-order valence-electron chi connectivity index (χ0n) is 12.2. The first-order valence-corrected chi connectivity index (χ1v) is 8.78. The second kappa shape index (κ2) is 7.59. The maximum Gasteiger partial charge on any atom is 0.307 e. The molecule has 2 rings (SSSR count). The van der Waals surface area contributed by atoms with Gasteiger partial charge in [0.1, 0.15) is 0 Å². The minimum Gasteiger partial charge on any atom is -0.481 e. The molecular weight excluding hydrogens is 338 g/mol. The van der Waals surface area contributed by atoms with E-state index in [0.29, 0.717) is 17.0 Å². The predicted molar refractivity (Wildman–Crippen MR) is 88.1 cm³/mol. The standard InChI is InChI=1S/C16H16ClNO4S/c17-14-4-6-15(7-5-14)23(21,22)18-9-8-12-2-1-3-13(10-12)11-16(19)20/h1-7,10,18H,8-9,11H2,(H,19,20). The lowest BCUT2D eigenvalue weighted by molar-refractivity contribution is -0.136. The van der Waals surface area contributed by atoms with Gasteiger partial charge in [0, 0.05) is 11.6 Å². The molecule has 2 aromatic carbocycles. The Morgan fingerprint density at radius 1 is 1.09 bits per heavy atom. The lowest BCUT2D eigenvalue weighted by Gasteiger charge is -2.08. The van der Waals surface area contributed by atoms with Crippen molar-refractivity contribution in [3.8, 4) is 0 Å². The molecule has 2 N–H and O–H groups in total. The van der Waals surface area contributed by atoms with E-state index in [1.165, 1.54) is 24.3 Å². The summed E-state index contributed by atoms with van der Waals surface area (Å²) in [6, 6.07) is 13.0. The largest absolute Gasteiger partial charge is 0.481 e. The van der Waals surface area contributed by atoms with Crippen molar-refractivity contribution in [2.24, 2.45) is 0 Å². The fourth-order valence-electron chi connectivity index (χ4n) is 2.10. The molecule has 0 radical (unpaired) electrons. The van der Waals surface area contributed by atoms with Gasteiger partial charge in [-0.05, 0) is 41.8 Å². The van der Waals surface area contributed by atoms with Crippen molar-refractivity contribution in [1.82, 2.24) is 4.72 Å². The van der Waals surface area contributed by atoms with Crippen LogP contribution in [0.25, 0.3) is 0 Å². The van der Waals surface area contributed by atoms with Crippen LogP contribution in [0, 0.1) is 0 Å². The molecule has 7 heteroatoms. The molecule has 0 atom stereocenters. The molecule has 5 nitrogen and oxygen atoms in total. The summed E-state index contributed by atoms with van der Waals surface area (Å²) >= 11 is 5.74. The first kappa shape index (κ1) is 17.5. The monoisotopic (exact) mass is 353 g/mol. The number of carboxylic acids is 1. The summed E-state index contributed by atoms with van der Waals surface area (Å²) in [5.41, 5.74) is 1.57. The van der Waals surface area contributed by atoms with Gasteiger partial charge in [-0.1, -0.05) is 35.9 Å². The van der Waals surface area contributed by atoms with Gasteiger partial charge in [-0.15, -0.1) is 0 Å². The highest BCUT2D eigenvalue weighted by Crippen LogP contribution is 2.14. The van der Waals surface area contributed by atoms with Gasteiger partial charge in [-0.2, -0.15) is 0 Å². The first-order chi connectivity index (χ1) is 10.9. The Labute approximate surface area is 140 Å². The van der Waals surface area contributed by atoms with Crippen LogP contribution in [0.4, 0.5) is 0 Å². The number of hydrogen-bond acceptors (Lipinski definition) is 3. The molecular formula is C16H16ClNO4S. The van der Waals surface area contributed by atoms with E-state index in [2.05, 4.69) is 4.72 Å². The molecule has 0 aliphatic heterocycles. The molecule has 0 heterocycles. The van der Waals surface area contributed by atoms with Crippen LogP contribution in [-0.2, 0) is 27.7 Å². The molecule has 0 fully saturated rings. The minimum absolute atomic E-state index is 0.0512. The summed E-state index contributed by atoms with van der Waals surface area (Å²) < 4.78 is 26.7. The zero-order valence-corrected chi connectivity index (χ0v) is 13.8. The van der Waals surface area contributed by atoms with Crippen LogP contribution in [0.5, 0.6) is 0 Å². The van der Waals surface area contributed by atoms with Crippen LogP contribution in [0.15, 0.2) is 53.4 Å². The predicted octanol–water partition coefficient (Wildman–Crippen LogP) is 2.49. The van der Waals surface area contributed by atoms with E-state index >= 15 is 0 Å². The molecule has 0 unspecified atom stereocenters. The van der Waals surface area contributed by atoms with Crippen LogP contribution in [0.1, 0.15) is 11.1 Å². The van der Waals surface area contributed by atoms with Gasteiger partial charge >= 0.3 is 5.97 Å². The fourth-order valence-corrected chi connectivity index (χ4v) is 3.25. The van der Waals surface area contributed by atoms with Crippen molar-refractivity contribution in [1.29, 1.82) is 0 Å². The van der Waals surface area contributed by atoms with Gasteiger partial charge in [0.2, 0.25) is 10.0 Å². The molecule has 0 aliphatic carbocycles. The quantitative estimate of drug-likeness (QED) is 0.801. The number of hydrogen-bond donors (Lipinski definition) is 2. The maximum absolute atomic E-state index is 12.1. The number of rotatable bonds is 7. The molecule has 0 aromatic heterocycles. The van der Waals surface area contributed by atoms with E-state index in [1.54, 1.807) is 18.2 Å². The SMILES string of the molecule is O=C(O)Cc1cccc(CCNS(=O)(=O)c2ccc(Cl)cc2)c1. The van der Waals surface area contributed by atoms with E-state index in [0.717, 1.165) is 5.56 Å². The smallest absolute Gasteiger partial charge is 0.307 e. The van der Waals surface area contributed by atoms with Gasteiger partial charge in [-0.25, -0.2) is 13.1 Å². The van der Waals surface area contributed by atoms with Gasteiger partial charge in [0.25, 0.3) is 0 Å². The Bertz CT molecular complexity index is 788. The second-order valence-electron chi connectivity index (χ2n) is 4.99. The van der Waals surface area contributed by atoms with Crippen LogP contribution in [-0.4, -0.2) is 26.0 Å². The number of benzene rings is 2. The molecule has 23 heavy (non-hydrogen) atoms. The summed E-state index contributed by atoms with van der Waals surface area (Å²) in [5.74, 6) is -0.898. The molecule has 0 amide bonds. The Kier molecular flexibility index (Phi) is 5.76. The van der Waals surface area contributed by atoms with E-state index in [-0.39, 0.29) is 17.9 Å². The number of sulfonamides is 1. The summed E-state index contributed by atoms with van der Waals surface area (Å²) in [7, 11) is -3.58. The lowest BCUT2D eigenvalue weighted by atomic mass is 10.1. The normalized spacial score (nSPS) is 11.3. The Balaban J connectivity index is 1.96. The van der Waals surface area contributed by atoms with Gasteiger partial charge in [-0.3, -0.25) is 4.79 Å². The minimum atomic E-state index is -3.58. The average molecular weight is 354 g/mol. The number of aliphatic carboxylic acids is 1. The van der Waals surface area contributed by atoms with E-state index in [4.69, 9.17) is 16.7 Å². The summed E-state index contributed by atoms with van der Waals surface area (Å²) in [6.45, 7) is 0.224. The highest BCUT2D eigenvalue weighted by atomic mass is 35.5.